The lowest BCUT2D eigenvalue weighted by Crippen LogP contribution is -2.52. The molecule has 1 fully saturated rings. The number of alkyl halides is 5. The number of carbonyl (C=O) groups is 3. The quantitative estimate of drug-likeness (QED) is 0.275. The summed E-state index contributed by atoms with van der Waals surface area (Å²) < 4.78 is 71.8. The molecule has 2 aromatic rings. The predicted octanol–water partition coefficient (Wildman–Crippen LogP) is 5.22. The number of piperidine rings is 1. The van der Waals surface area contributed by atoms with E-state index in [0.29, 0.717) is 22.4 Å². The van der Waals surface area contributed by atoms with E-state index in [1.807, 2.05) is 0 Å². The second-order valence-electron chi connectivity index (χ2n) is 10.4. The minimum Gasteiger partial charge on any atom is -0.489 e. The Hall–Kier alpha value is -3.54. The maximum atomic E-state index is 13.7. The topological polar surface area (TPSA) is 79.0 Å². The average molecular weight is 582 g/mol. The maximum Gasteiger partial charge on any atom is 0.390 e. The smallest absolute Gasteiger partial charge is 0.390 e. The molecule has 3 amide bonds. The van der Waals surface area contributed by atoms with Crippen LogP contribution in [0.5, 0.6) is 5.75 Å². The highest BCUT2D eigenvalue weighted by molar-refractivity contribution is 6.05. The van der Waals surface area contributed by atoms with E-state index in [1.54, 1.807) is 42.5 Å². The number of halogens is 5. The van der Waals surface area contributed by atoms with Crippen LogP contribution in [0.15, 0.2) is 42.5 Å². The number of hydrogen-bond donors (Lipinski definition) is 1. The van der Waals surface area contributed by atoms with Crippen molar-refractivity contribution in [2.24, 2.45) is 0 Å². The van der Waals surface area contributed by atoms with Gasteiger partial charge < -0.3 is 9.64 Å². The third-order valence-electron chi connectivity index (χ3n) is 7.39. The molecule has 2 heterocycles. The third kappa shape index (κ3) is 8.02. The number of ether oxygens (including phenoxy) is 1. The van der Waals surface area contributed by atoms with Crippen LogP contribution in [0.2, 0.25) is 0 Å². The molecule has 12 heteroatoms. The van der Waals surface area contributed by atoms with E-state index in [1.165, 1.54) is 16.7 Å². The molecule has 1 saturated heterocycles. The molecule has 222 valence electrons. The summed E-state index contributed by atoms with van der Waals surface area (Å²) in [6.45, 7) is 1.22. The van der Waals surface area contributed by atoms with Crippen LogP contribution in [0.4, 0.5) is 22.0 Å². The highest BCUT2D eigenvalue weighted by Gasteiger charge is 2.40. The Morgan fingerprint density at radius 2 is 1.66 bits per heavy atom. The molecule has 2 aromatic carbocycles. The number of fused-ring (bicyclic) bond motifs is 1. The minimum atomic E-state index is -4.38. The van der Waals surface area contributed by atoms with Gasteiger partial charge in [0.15, 0.2) is 0 Å². The van der Waals surface area contributed by atoms with Gasteiger partial charge in [-0.3, -0.25) is 24.6 Å². The van der Waals surface area contributed by atoms with Crippen molar-refractivity contribution in [2.75, 3.05) is 13.1 Å². The minimum absolute atomic E-state index is 0.0987. The molecule has 0 aromatic heterocycles. The first kappa shape index (κ1) is 30.4. The van der Waals surface area contributed by atoms with Gasteiger partial charge in [-0.25, -0.2) is 8.78 Å². The second kappa shape index (κ2) is 12.5. The molecule has 7 nitrogen and oxygen atoms in total. The van der Waals surface area contributed by atoms with Crippen molar-refractivity contribution in [1.29, 1.82) is 0 Å². The maximum absolute atomic E-state index is 13.7. The van der Waals surface area contributed by atoms with E-state index in [0.717, 1.165) is 5.56 Å². The molecule has 41 heavy (non-hydrogen) atoms. The predicted molar refractivity (Wildman–Crippen MR) is 139 cm³/mol. The molecule has 0 bridgehead atoms. The van der Waals surface area contributed by atoms with Crippen LogP contribution < -0.4 is 10.1 Å². The normalized spacial score (nSPS) is 17.7. The summed E-state index contributed by atoms with van der Waals surface area (Å²) in [5, 5.41) is 2.27. The van der Waals surface area contributed by atoms with E-state index >= 15 is 0 Å². The Kier molecular flexibility index (Phi) is 9.31. The number of carbonyl (C=O) groups excluding carboxylic acids is 3. The van der Waals surface area contributed by atoms with E-state index in [2.05, 4.69) is 5.32 Å². The lowest BCUT2D eigenvalue weighted by Gasteiger charge is -2.29. The van der Waals surface area contributed by atoms with Gasteiger partial charge >= 0.3 is 6.18 Å². The highest BCUT2D eigenvalue weighted by atomic mass is 19.4. The van der Waals surface area contributed by atoms with Gasteiger partial charge in [0.2, 0.25) is 17.7 Å². The van der Waals surface area contributed by atoms with Crippen molar-refractivity contribution in [3.05, 3.63) is 64.7 Å². The van der Waals surface area contributed by atoms with E-state index in [4.69, 9.17) is 4.74 Å². The van der Waals surface area contributed by atoms with E-state index < -0.39 is 36.9 Å². The van der Waals surface area contributed by atoms with Gasteiger partial charge in [-0.05, 0) is 29.7 Å². The SMILES string of the molecule is CCC(F)(F)CCN(CCC(F)(F)F)Cc1ccc(COc2cccc3c2CN(C2CCC(=O)NC2=O)C3=O)cc1. The van der Waals surface area contributed by atoms with Gasteiger partial charge in [-0.15, -0.1) is 0 Å². The van der Waals surface area contributed by atoms with Crippen LogP contribution in [0.1, 0.15) is 66.1 Å². The van der Waals surface area contributed by atoms with Crippen LogP contribution in [0.3, 0.4) is 0 Å². The van der Waals surface area contributed by atoms with E-state index in [-0.39, 0.29) is 63.9 Å². The molecule has 1 unspecified atom stereocenters. The first-order valence-corrected chi connectivity index (χ1v) is 13.5. The highest BCUT2D eigenvalue weighted by Crippen LogP contribution is 2.34. The molecule has 0 radical (unpaired) electrons. The van der Waals surface area contributed by atoms with Crippen LogP contribution in [0, 0.1) is 0 Å². The summed E-state index contributed by atoms with van der Waals surface area (Å²) >= 11 is 0. The van der Waals surface area contributed by atoms with Crippen molar-refractivity contribution >= 4 is 17.7 Å². The number of nitrogens with zero attached hydrogens (tertiary/aromatic N) is 2. The lowest BCUT2D eigenvalue weighted by atomic mass is 10.0. The Bertz CT molecular complexity index is 1270. The zero-order valence-electron chi connectivity index (χ0n) is 22.6. The first-order chi connectivity index (χ1) is 19.3. The van der Waals surface area contributed by atoms with Crippen LogP contribution in [-0.4, -0.2) is 58.8 Å². The molecular formula is C29H32F5N3O4. The van der Waals surface area contributed by atoms with Gasteiger partial charge in [0.1, 0.15) is 18.4 Å². The molecule has 0 aliphatic carbocycles. The molecule has 2 aliphatic heterocycles. The van der Waals surface area contributed by atoms with Crippen LogP contribution in [0.25, 0.3) is 0 Å². The third-order valence-corrected chi connectivity index (χ3v) is 7.39. The molecular weight excluding hydrogens is 549 g/mol. The zero-order valence-corrected chi connectivity index (χ0v) is 22.6. The van der Waals surface area contributed by atoms with Gasteiger partial charge in [0.05, 0.1) is 13.0 Å². The lowest BCUT2D eigenvalue weighted by molar-refractivity contribution is -0.139. The molecule has 0 saturated carbocycles. The van der Waals surface area contributed by atoms with Crippen molar-refractivity contribution in [2.45, 2.75) is 76.9 Å². The summed E-state index contributed by atoms with van der Waals surface area (Å²) in [4.78, 5) is 39.6. The number of benzene rings is 2. The number of imide groups is 1. The number of rotatable bonds is 12. The molecule has 1 atom stereocenters. The fourth-order valence-corrected chi connectivity index (χ4v) is 4.91. The fraction of sp³-hybridized carbons (Fsp3) is 0.483. The van der Waals surface area contributed by atoms with Crippen molar-refractivity contribution in [1.82, 2.24) is 15.1 Å². The summed E-state index contributed by atoms with van der Waals surface area (Å²) in [6, 6.07) is 11.3. The Morgan fingerprint density at radius 3 is 2.32 bits per heavy atom. The fourth-order valence-electron chi connectivity index (χ4n) is 4.91. The summed E-state index contributed by atoms with van der Waals surface area (Å²) in [5.41, 5.74) is 2.51. The van der Waals surface area contributed by atoms with Gasteiger partial charge in [-0.2, -0.15) is 13.2 Å². The summed E-state index contributed by atoms with van der Waals surface area (Å²) in [6.07, 6.45) is -5.95. The van der Waals surface area contributed by atoms with Gasteiger partial charge in [0.25, 0.3) is 5.91 Å². The molecule has 0 spiro atoms. The molecule has 1 N–H and O–H groups in total. The number of hydrogen-bond acceptors (Lipinski definition) is 5. The Labute approximate surface area is 234 Å². The standard InChI is InChI=1S/C29H32F5N3O4/c1-2-28(30,31)12-14-36(15-13-29(32,33)34)16-19-6-8-20(9-7-19)18-41-24-5-3-4-21-22(24)17-37(27(21)40)23-10-11-25(38)35-26(23)39/h3-9,23H,2,10-18H2,1H3,(H,35,38,39). The Morgan fingerprint density at radius 1 is 0.976 bits per heavy atom. The summed E-state index contributed by atoms with van der Waals surface area (Å²) in [7, 11) is 0. The largest absolute Gasteiger partial charge is 0.489 e. The van der Waals surface area contributed by atoms with Crippen molar-refractivity contribution in [3.8, 4) is 5.75 Å². The first-order valence-electron chi connectivity index (χ1n) is 13.5. The number of nitrogens with one attached hydrogen (secondary N) is 1. The zero-order chi connectivity index (χ0) is 29.8. The van der Waals surface area contributed by atoms with Gasteiger partial charge in [-0.1, -0.05) is 37.3 Å². The van der Waals surface area contributed by atoms with Crippen molar-refractivity contribution < 1.29 is 41.1 Å². The summed E-state index contributed by atoms with van der Waals surface area (Å²) in [5.74, 6) is -3.63. The second-order valence-corrected chi connectivity index (χ2v) is 10.4. The monoisotopic (exact) mass is 581 g/mol. The van der Waals surface area contributed by atoms with Crippen LogP contribution in [-0.2, 0) is 29.3 Å². The number of amides is 3. The Balaban J connectivity index is 1.37. The van der Waals surface area contributed by atoms with E-state index in [9.17, 15) is 36.3 Å². The molecule has 2 aliphatic rings. The van der Waals surface area contributed by atoms with Gasteiger partial charge in [0, 0.05) is 50.0 Å². The molecule has 4 rings (SSSR count). The average Bonchev–Trinajstić information content (AvgIpc) is 3.26. The van der Waals surface area contributed by atoms with Crippen molar-refractivity contribution in [3.63, 3.8) is 0 Å². The van der Waals surface area contributed by atoms with Crippen LogP contribution >= 0.6 is 0 Å².